The van der Waals surface area contributed by atoms with Crippen molar-refractivity contribution < 1.29 is 5.11 Å². The van der Waals surface area contributed by atoms with Crippen LogP contribution in [0.4, 0.5) is 0 Å². The third-order valence-electron chi connectivity index (χ3n) is 2.80. The first kappa shape index (κ1) is 5.69. The largest absolute Gasteiger partial charge is 0.391 e. The van der Waals surface area contributed by atoms with E-state index in [9.17, 15) is 5.11 Å². The highest BCUT2D eigenvalue weighted by Gasteiger charge is 2.43. The Bertz CT molecular complexity index is 118. The van der Waals surface area contributed by atoms with Gasteiger partial charge in [0.05, 0.1) is 6.10 Å². The molecule has 2 nitrogen and oxygen atoms in total. The molecule has 0 radical (unpaired) electrons. The van der Waals surface area contributed by atoms with Gasteiger partial charge in [0, 0.05) is 6.04 Å². The summed E-state index contributed by atoms with van der Waals surface area (Å²) >= 11 is 0. The lowest BCUT2D eigenvalue weighted by atomic mass is 9.62. The molecule has 2 bridgehead atoms. The lowest BCUT2D eigenvalue weighted by molar-refractivity contribution is -0.0427. The molecule has 3 N–H and O–H groups in total. The van der Waals surface area contributed by atoms with E-state index in [1.807, 2.05) is 0 Å². The van der Waals surface area contributed by atoms with Crippen LogP contribution < -0.4 is 5.73 Å². The predicted molar refractivity (Wildman–Crippen MR) is 34.8 cm³/mol. The summed E-state index contributed by atoms with van der Waals surface area (Å²) in [6, 6.07) is 0.0856. The maximum Gasteiger partial charge on any atom is 0.0719 e. The first-order valence-corrected chi connectivity index (χ1v) is 3.71. The Hall–Kier alpha value is -0.0800. The van der Waals surface area contributed by atoms with Crippen LogP contribution in [0, 0.1) is 11.8 Å². The van der Waals surface area contributed by atoms with Crippen LogP contribution in [0.3, 0.4) is 0 Å². The monoisotopic (exact) mass is 127 g/mol. The maximum atomic E-state index is 9.36. The molecule has 3 aliphatic carbocycles. The Morgan fingerprint density at radius 2 is 1.89 bits per heavy atom. The molecule has 0 spiro atoms. The number of nitrogens with two attached hydrogens (primary N) is 1. The first-order valence-electron chi connectivity index (χ1n) is 3.71. The van der Waals surface area contributed by atoms with Crippen molar-refractivity contribution in [1.29, 1.82) is 0 Å². The summed E-state index contributed by atoms with van der Waals surface area (Å²) in [5, 5.41) is 9.36. The van der Waals surface area contributed by atoms with Crippen molar-refractivity contribution >= 4 is 0 Å². The Morgan fingerprint density at radius 3 is 2.22 bits per heavy atom. The molecule has 9 heavy (non-hydrogen) atoms. The Balaban J connectivity index is 2.04. The van der Waals surface area contributed by atoms with Gasteiger partial charge in [-0.3, -0.25) is 0 Å². The van der Waals surface area contributed by atoms with E-state index in [0.29, 0.717) is 5.92 Å². The molecular weight excluding hydrogens is 114 g/mol. The van der Waals surface area contributed by atoms with Crippen LogP contribution in [0.25, 0.3) is 0 Å². The zero-order valence-electron chi connectivity index (χ0n) is 5.46. The van der Waals surface area contributed by atoms with E-state index in [1.165, 1.54) is 12.8 Å². The SMILES string of the molecule is NC1CC2CC(C2)C1O. The zero-order chi connectivity index (χ0) is 6.43. The van der Waals surface area contributed by atoms with Crippen molar-refractivity contribution in [3.63, 3.8) is 0 Å². The van der Waals surface area contributed by atoms with Crippen LogP contribution in [-0.2, 0) is 0 Å². The van der Waals surface area contributed by atoms with Crippen molar-refractivity contribution in [2.24, 2.45) is 17.6 Å². The molecule has 0 aromatic heterocycles. The fourth-order valence-corrected chi connectivity index (χ4v) is 2.13. The van der Waals surface area contributed by atoms with Crippen molar-refractivity contribution in [3.05, 3.63) is 0 Å². The summed E-state index contributed by atoms with van der Waals surface area (Å²) in [6.07, 6.45) is 3.33. The van der Waals surface area contributed by atoms with Gasteiger partial charge in [0.1, 0.15) is 0 Å². The summed E-state index contributed by atoms with van der Waals surface area (Å²) in [7, 11) is 0. The smallest absolute Gasteiger partial charge is 0.0719 e. The number of aliphatic hydroxyl groups excluding tert-OH is 1. The molecule has 2 unspecified atom stereocenters. The molecule has 3 aliphatic rings. The second kappa shape index (κ2) is 1.70. The van der Waals surface area contributed by atoms with Crippen molar-refractivity contribution in [3.8, 4) is 0 Å². The van der Waals surface area contributed by atoms with Crippen LogP contribution in [0.2, 0.25) is 0 Å². The van der Waals surface area contributed by atoms with Crippen molar-refractivity contribution in [2.45, 2.75) is 31.4 Å². The molecule has 3 rings (SSSR count). The van der Waals surface area contributed by atoms with E-state index in [-0.39, 0.29) is 12.1 Å². The molecular formula is C7H13NO. The van der Waals surface area contributed by atoms with Gasteiger partial charge in [-0.25, -0.2) is 0 Å². The molecule has 3 saturated carbocycles. The average Bonchev–Trinajstić information content (AvgIpc) is 1.72. The minimum atomic E-state index is -0.185. The summed E-state index contributed by atoms with van der Waals surface area (Å²) in [6.45, 7) is 0. The molecule has 2 heteroatoms. The Kier molecular flexibility index (Phi) is 1.08. The van der Waals surface area contributed by atoms with E-state index in [1.54, 1.807) is 0 Å². The fraction of sp³-hybridized carbons (Fsp3) is 1.00. The third-order valence-corrected chi connectivity index (χ3v) is 2.80. The quantitative estimate of drug-likeness (QED) is 0.485. The predicted octanol–water partition coefficient (Wildman–Crippen LogP) is 0.104. The minimum absolute atomic E-state index is 0.0856. The van der Waals surface area contributed by atoms with Crippen LogP contribution in [-0.4, -0.2) is 17.3 Å². The summed E-state index contributed by atoms with van der Waals surface area (Å²) in [5.41, 5.74) is 5.65. The van der Waals surface area contributed by atoms with Crippen LogP contribution in [0.15, 0.2) is 0 Å². The first-order chi connectivity index (χ1) is 4.27. The normalized spacial score (nSPS) is 56.7. The van der Waals surface area contributed by atoms with E-state index in [2.05, 4.69) is 0 Å². The maximum absolute atomic E-state index is 9.36. The minimum Gasteiger partial charge on any atom is -0.391 e. The van der Waals surface area contributed by atoms with Gasteiger partial charge in [-0.1, -0.05) is 0 Å². The van der Waals surface area contributed by atoms with E-state index >= 15 is 0 Å². The molecule has 0 saturated heterocycles. The van der Waals surface area contributed by atoms with E-state index in [4.69, 9.17) is 5.73 Å². The summed E-state index contributed by atoms with van der Waals surface area (Å²) in [5.74, 6) is 1.41. The number of fused-ring (bicyclic) bond motifs is 2. The standard InChI is InChI=1S/C7H13NO/c8-6-3-4-1-5(2-4)7(6)9/h4-7,9H,1-3,8H2. The average molecular weight is 127 g/mol. The second-order valence-corrected chi connectivity index (χ2v) is 3.49. The third kappa shape index (κ3) is 0.700. The molecule has 0 aromatic rings. The molecule has 2 atom stereocenters. The number of aliphatic hydroxyl groups is 1. The summed E-state index contributed by atoms with van der Waals surface area (Å²) in [4.78, 5) is 0. The van der Waals surface area contributed by atoms with E-state index in [0.717, 1.165) is 12.3 Å². The van der Waals surface area contributed by atoms with Gasteiger partial charge in [-0.15, -0.1) is 0 Å². The highest BCUT2D eigenvalue weighted by atomic mass is 16.3. The summed E-state index contributed by atoms with van der Waals surface area (Å²) < 4.78 is 0. The molecule has 0 amide bonds. The lowest BCUT2D eigenvalue weighted by Crippen LogP contribution is -2.52. The van der Waals surface area contributed by atoms with Crippen molar-refractivity contribution in [1.82, 2.24) is 0 Å². The molecule has 0 aromatic carbocycles. The molecule has 3 fully saturated rings. The van der Waals surface area contributed by atoms with Crippen LogP contribution >= 0.6 is 0 Å². The highest BCUT2D eigenvalue weighted by Crippen LogP contribution is 2.44. The second-order valence-electron chi connectivity index (χ2n) is 3.49. The van der Waals surface area contributed by atoms with Gasteiger partial charge in [0.2, 0.25) is 0 Å². The molecule has 0 aliphatic heterocycles. The van der Waals surface area contributed by atoms with Crippen molar-refractivity contribution in [2.75, 3.05) is 0 Å². The van der Waals surface area contributed by atoms with Gasteiger partial charge < -0.3 is 10.8 Å². The molecule has 52 valence electrons. The Morgan fingerprint density at radius 1 is 1.22 bits per heavy atom. The van der Waals surface area contributed by atoms with Gasteiger partial charge >= 0.3 is 0 Å². The van der Waals surface area contributed by atoms with Gasteiger partial charge in [0.25, 0.3) is 0 Å². The topological polar surface area (TPSA) is 46.2 Å². The zero-order valence-corrected chi connectivity index (χ0v) is 5.46. The van der Waals surface area contributed by atoms with Gasteiger partial charge in [-0.05, 0) is 31.1 Å². The van der Waals surface area contributed by atoms with Crippen LogP contribution in [0.5, 0.6) is 0 Å². The number of rotatable bonds is 0. The highest BCUT2D eigenvalue weighted by molar-refractivity contribution is 4.96. The number of hydrogen-bond donors (Lipinski definition) is 2. The molecule has 0 heterocycles. The lowest BCUT2D eigenvalue weighted by Gasteiger charge is -2.47. The van der Waals surface area contributed by atoms with E-state index < -0.39 is 0 Å². The van der Waals surface area contributed by atoms with Crippen LogP contribution in [0.1, 0.15) is 19.3 Å². The Labute approximate surface area is 55.1 Å². The fourth-order valence-electron chi connectivity index (χ4n) is 2.13. The van der Waals surface area contributed by atoms with Gasteiger partial charge in [0.15, 0.2) is 0 Å². The van der Waals surface area contributed by atoms with Gasteiger partial charge in [-0.2, -0.15) is 0 Å². The number of hydrogen-bond acceptors (Lipinski definition) is 2.